The third-order valence-corrected chi connectivity index (χ3v) is 7.00. The van der Waals surface area contributed by atoms with Crippen LogP contribution >= 0.6 is 0 Å². The van der Waals surface area contributed by atoms with Crippen LogP contribution in [0.15, 0.2) is 22.1 Å². The highest BCUT2D eigenvalue weighted by Crippen LogP contribution is 2.40. The number of likely N-dealkylation sites (tertiary alicyclic amines) is 2. The second kappa shape index (κ2) is 9.65. The van der Waals surface area contributed by atoms with Gasteiger partial charge in [-0.15, -0.1) is 0 Å². The summed E-state index contributed by atoms with van der Waals surface area (Å²) in [6.07, 6.45) is 3.07. The van der Waals surface area contributed by atoms with Crippen LogP contribution in [-0.2, 0) is 0 Å². The molecule has 0 spiro atoms. The zero-order chi connectivity index (χ0) is 23.7. The number of hydrogen-bond acceptors (Lipinski definition) is 8. The Labute approximate surface area is 198 Å². The van der Waals surface area contributed by atoms with Crippen LogP contribution in [0.4, 0.5) is 14.5 Å². The molecule has 2 fully saturated rings. The van der Waals surface area contributed by atoms with Crippen LogP contribution in [0.1, 0.15) is 37.7 Å². The monoisotopic (exact) mass is 477 g/mol. The van der Waals surface area contributed by atoms with Crippen molar-refractivity contribution in [3.05, 3.63) is 17.7 Å². The molecule has 4 aliphatic rings. The Bertz CT molecular complexity index is 954. The van der Waals surface area contributed by atoms with Crippen molar-refractivity contribution in [3.8, 4) is 11.5 Å². The number of ether oxygens (including phenoxy) is 2. The fourth-order valence-corrected chi connectivity index (χ4v) is 5.08. The zero-order valence-corrected chi connectivity index (χ0v) is 19.7. The van der Waals surface area contributed by atoms with Crippen molar-refractivity contribution in [2.75, 3.05) is 59.6 Å². The van der Waals surface area contributed by atoms with Gasteiger partial charge in [0, 0.05) is 44.1 Å². The summed E-state index contributed by atoms with van der Waals surface area (Å²) >= 11 is 0. The number of guanidine groups is 1. The van der Waals surface area contributed by atoms with Crippen molar-refractivity contribution in [3.63, 3.8) is 0 Å². The first kappa shape index (κ1) is 23.3. The minimum absolute atomic E-state index is 0.0873. The second-order valence-electron chi connectivity index (χ2n) is 9.43. The lowest BCUT2D eigenvalue weighted by Gasteiger charge is -2.39. The highest BCUT2D eigenvalue weighted by molar-refractivity contribution is 6.16. The summed E-state index contributed by atoms with van der Waals surface area (Å²) in [6, 6.07) is 3.45. The van der Waals surface area contributed by atoms with Crippen molar-refractivity contribution >= 4 is 17.5 Å². The molecule has 1 atom stereocenters. The molecule has 0 amide bonds. The van der Waals surface area contributed by atoms with Crippen molar-refractivity contribution in [2.45, 2.75) is 44.1 Å². The molecule has 10 heteroatoms. The van der Waals surface area contributed by atoms with Crippen LogP contribution < -0.4 is 9.47 Å². The maximum atomic E-state index is 13.8. The number of aliphatic hydroxyl groups excluding tert-OH is 1. The summed E-state index contributed by atoms with van der Waals surface area (Å²) in [5.74, 6) is -0.117. The fourth-order valence-electron chi connectivity index (χ4n) is 5.08. The lowest BCUT2D eigenvalue weighted by molar-refractivity contribution is -0.0445. The van der Waals surface area contributed by atoms with E-state index in [1.54, 1.807) is 7.11 Å². The summed E-state index contributed by atoms with van der Waals surface area (Å²) in [4.78, 5) is 15.9. The number of alkyl halides is 2. The van der Waals surface area contributed by atoms with Crippen LogP contribution in [0.25, 0.3) is 0 Å². The normalized spacial score (nSPS) is 23.9. The third-order valence-electron chi connectivity index (χ3n) is 7.00. The average molecular weight is 478 g/mol. The van der Waals surface area contributed by atoms with E-state index in [-0.39, 0.29) is 38.6 Å². The Hall–Kier alpha value is -2.46. The van der Waals surface area contributed by atoms with Gasteiger partial charge in [-0.25, -0.2) is 13.8 Å². The average Bonchev–Trinajstić information content (AvgIpc) is 3.51. The van der Waals surface area contributed by atoms with Gasteiger partial charge in [0.25, 0.3) is 5.92 Å². The number of methoxy groups -OCH3 is 1. The van der Waals surface area contributed by atoms with E-state index < -0.39 is 5.92 Å². The number of fused-ring (bicyclic) bond motifs is 3. The van der Waals surface area contributed by atoms with E-state index in [1.807, 2.05) is 21.9 Å². The van der Waals surface area contributed by atoms with Gasteiger partial charge >= 0.3 is 0 Å². The molecule has 34 heavy (non-hydrogen) atoms. The molecule has 0 saturated carbocycles. The van der Waals surface area contributed by atoms with Gasteiger partial charge in [0.1, 0.15) is 5.84 Å². The number of amidine groups is 1. The molecule has 1 unspecified atom stereocenters. The molecule has 8 nitrogen and oxygen atoms in total. The Balaban J connectivity index is 1.39. The second-order valence-corrected chi connectivity index (χ2v) is 9.43. The Morgan fingerprint density at radius 1 is 1.12 bits per heavy atom. The Morgan fingerprint density at radius 2 is 1.88 bits per heavy atom. The molecule has 4 aliphatic heterocycles. The molecular weight excluding hydrogens is 444 g/mol. The standard InChI is InChI=1S/C24H33F2N5O3/c1-33-20-13-18-19(14-21(20)34-12-4-9-29-7-2-3-8-29)28-23(30-10-5-24(25,26)6-11-30)31-15-17(16-32)27-22(18)31/h13-14,17,32H,2-12,15-16H2,1H3. The van der Waals surface area contributed by atoms with Gasteiger partial charge in [-0.3, -0.25) is 9.89 Å². The topological polar surface area (TPSA) is 73.1 Å². The molecule has 0 radical (unpaired) electrons. The number of aliphatic imine (C=N–C) groups is 2. The highest BCUT2D eigenvalue weighted by atomic mass is 19.3. The number of benzene rings is 1. The molecule has 186 valence electrons. The van der Waals surface area contributed by atoms with Crippen LogP contribution in [0, 0.1) is 0 Å². The quantitative estimate of drug-likeness (QED) is 0.609. The van der Waals surface area contributed by atoms with E-state index in [0.717, 1.165) is 31.6 Å². The van der Waals surface area contributed by atoms with Gasteiger partial charge in [-0.1, -0.05) is 0 Å². The van der Waals surface area contributed by atoms with Crippen molar-refractivity contribution in [2.24, 2.45) is 9.98 Å². The smallest absolute Gasteiger partial charge is 0.251 e. The summed E-state index contributed by atoms with van der Waals surface area (Å²) in [5.41, 5.74) is 1.47. The maximum Gasteiger partial charge on any atom is 0.251 e. The first-order valence-electron chi connectivity index (χ1n) is 12.2. The molecule has 2 saturated heterocycles. The fraction of sp³-hybridized carbons (Fsp3) is 0.667. The molecule has 0 aliphatic carbocycles. The predicted octanol–water partition coefficient (Wildman–Crippen LogP) is 2.72. The van der Waals surface area contributed by atoms with Crippen LogP contribution in [0.2, 0.25) is 0 Å². The van der Waals surface area contributed by atoms with Gasteiger partial charge < -0.3 is 24.4 Å². The van der Waals surface area contributed by atoms with Gasteiger partial charge in [0.05, 0.1) is 38.6 Å². The number of nitrogens with zero attached hydrogens (tertiary/aromatic N) is 5. The molecule has 1 aromatic rings. The van der Waals surface area contributed by atoms with Crippen LogP contribution in [0.5, 0.6) is 11.5 Å². The molecule has 1 aromatic carbocycles. The lowest BCUT2D eigenvalue weighted by atomic mass is 10.1. The lowest BCUT2D eigenvalue weighted by Crippen LogP contribution is -2.52. The number of aliphatic hydroxyl groups is 1. The summed E-state index contributed by atoms with van der Waals surface area (Å²) in [6.45, 7) is 4.75. The minimum atomic E-state index is -2.64. The number of piperidine rings is 1. The van der Waals surface area contributed by atoms with E-state index in [0.29, 0.717) is 42.1 Å². The van der Waals surface area contributed by atoms with E-state index in [4.69, 9.17) is 19.5 Å². The zero-order valence-electron chi connectivity index (χ0n) is 19.7. The van der Waals surface area contributed by atoms with E-state index in [1.165, 1.54) is 12.8 Å². The molecule has 4 heterocycles. The van der Waals surface area contributed by atoms with E-state index >= 15 is 0 Å². The van der Waals surface area contributed by atoms with Gasteiger partial charge in [0.15, 0.2) is 11.5 Å². The minimum Gasteiger partial charge on any atom is -0.493 e. The highest BCUT2D eigenvalue weighted by Gasteiger charge is 2.41. The largest absolute Gasteiger partial charge is 0.493 e. The van der Waals surface area contributed by atoms with Crippen molar-refractivity contribution < 1.29 is 23.4 Å². The number of rotatable bonds is 7. The van der Waals surface area contributed by atoms with E-state index in [2.05, 4.69) is 4.90 Å². The Kier molecular flexibility index (Phi) is 6.61. The van der Waals surface area contributed by atoms with Crippen molar-refractivity contribution in [1.82, 2.24) is 14.7 Å². The first-order chi connectivity index (χ1) is 16.5. The molecular formula is C24H33F2N5O3. The van der Waals surface area contributed by atoms with Gasteiger partial charge in [-0.05, 0) is 38.4 Å². The molecule has 1 N–H and O–H groups in total. The Morgan fingerprint density at radius 3 is 2.59 bits per heavy atom. The van der Waals surface area contributed by atoms with Gasteiger partial charge in [-0.2, -0.15) is 0 Å². The van der Waals surface area contributed by atoms with Crippen LogP contribution in [-0.4, -0.2) is 103 Å². The first-order valence-corrected chi connectivity index (χ1v) is 12.2. The maximum absolute atomic E-state index is 13.8. The SMILES string of the molecule is COc1cc2c(cc1OCCCN1CCCC1)N=C(N1CCC(F)(F)CC1)N1CC(CO)N=C21. The summed E-state index contributed by atoms with van der Waals surface area (Å²) in [7, 11) is 1.61. The summed E-state index contributed by atoms with van der Waals surface area (Å²) < 4.78 is 39.3. The number of halogens is 2. The van der Waals surface area contributed by atoms with Crippen LogP contribution in [0.3, 0.4) is 0 Å². The summed E-state index contributed by atoms with van der Waals surface area (Å²) in [5, 5.41) is 9.74. The van der Waals surface area contributed by atoms with E-state index in [9.17, 15) is 13.9 Å². The predicted molar refractivity (Wildman–Crippen MR) is 126 cm³/mol. The molecule has 0 aromatic heterocycles. The molecule has 0 bridgehead atoms. The van der Waals surface area contributed by atoms with Gasteiger partial charge in [0.2, 0.25) is 5.96 Å². The van der Waals surface area contributed by atoms with Crippen molar-refractivity contribution in [1.29, 1.82) is 0 Å². The third kappa shape index (κ3) is 4.70. The number of hydrogen-bond donors (Lipinski definition) is 1. The molecule has 5 rings (SSSR count).